The van der Waals surface area contributed by atoms with E-state index in [1.165, 1.54) is 5.19 Å². The summed E-state index contributed by atoms with van der Waals surface area (Å²) >= 11 is 3.75. The number of nitrogens with zero attached hydrogens (tertiary/aromatic N) is 5. The maximum absolute atomic E-state index is 15.6. The summed E-state index contributed by atoms with van der Waals surface area (Å²) in [6, 6.07) is 46.9. The number of carbonyl (C=O) groups excluding carboxylic acids is 2. The Kier molecular flexibility index (Phi) is 11.5. The molecule has 1 spiro atoms. The maximum atomic E-state index is 15.6. The van der Waals surface area contributed by atoms with Gasteiger partial charge in [0, 0.05) is 34.4 Å². The van der Waals surface area contributed by atoms with Crippen LogP contribution in [0.4, 0.5) is 17.1 Å². The highest BCUT2D eigenvalue weighted by atomic mass is 79.9. The topological polar surface area (TPSA) is 119 Å². The first-order valence-corrected chi connectivity index (χ1v) is 26.2. The summed E-state index contributed by atoms with van der Waals surface area (Å²) in [6.45, 7) is 7.67. The fourth-order valence-corrected chi connectivity index (χ4v) is 15.0. The third kappa shape index (κ3) is 7.43. The Morgan fingerprint density at radius 1 is 0.848 bits per heavy atom. The van der Waals surface area contributed by atoms with Gasteiger partial charge in [0.05, 0.1) is 63.0 Å². The quantitative estimate of drug-likeness (QED) is 0.120. The van der Waals surface area contributed by atoms with Gasteiger partial charge in [-0.2, -0.15) is 0 Å². The van der Waals surface area contributed by atoms with Gasteiger partial charge in [0.15, 0.2) is 11.4 Å². The van der Waals surface area contributed by atoms with Crippen molar-refractivity contribution in [2.24, 2.45) is 5.92 Å². The summed E-state index contributed by atoms with van der Waals surface area (Å²) in [5.74, 6) is 1.09. The van der Waals surface area contributed by atoms with E-state index in [2.05, 4.69) is 64.5 Å². The van der Waals surface area contributed by atoms with E-state index in [1.54, 1.807) is 18.1 Å². The van der Waals surface area contributed by atoms with E-state index in [-0.39, 0.29) is 41.9 Å². The van der Waals surface area contributed by atoms with Gasteiger partial charge in [0.2, 0.25) is 0 Å². The number of aryl methyl sites for hydroxylation is 1. The Hall–Kier alpha value is -6.38. The third-order valence-electron chi connectivity index (χ3n) is 13.9. The van der Waals surface area contributed by atoms with Crippen LogP contribution >= 0.6 is 15.9 Å². The molecule has 11 nitrogen and oxygen atoms in total. The van der Waals surface area contributed by atoms with Crippen LogP contribution in [0.3, 0.4) is 0 Å². The molecule has 5 atom stereocenters. The minimum Gasteiger partial charge on any atom is -0.497 e. The van der Waals surface area contributed by atoms with Gasteiger partial charge in [-0.25, -0.2) is 0 Å². The number of ether oxygens (including phenoxy) is 3. The first-order valence-electron chi connectivity index (χ1n) is 22.3. The molecule has 13 heteroatoms. The van der Waals surface area contributed by atoms with E-state index < -0.39 is 13.7 Å². The van der Waals surface area contributed by atoms with E-state index in [9.17, 15) is 9.90 Å². The largest absolute Gasteiger partial charge is 0.497 e. The van der Waals surface area contributed by atoms with Crippen LogP contribution in [0.25, 0.3) is 0 Å². The molecule has 4 heterocycles. The van der Waals surface area contributed by atoms with Crippen LogP contribution in [0.2, 0.25) is 18.6 Å². The second-order valence-corrected chi connectivity index (χ2v) is 23.5. The molecule has 66 heavy (non-hydrogen) atoms. The van der Waals surface area contributed by atoms with E-state index in [0.29, 0.717) is 53.6 Å². The molecule has 1 aromatic heterocycles. The lowest BCUT2D eigenvalue weighted by Gasteiger charge is -2.37. The van der Waals surface area contributed by atoms with Crippen LogP contribution in [0.1, 0.15) is 52.0 Å². The van der Waals surface area contributed by atoms with E-state index in [0.717, 1.165) is 32.6 Å². The summed E-state index contributed by atoms with van der Waals surface area (Å²) in [4.78, 5) is 33.3. The molecule has 10 rings (SSSR count). The molecule has 7 aromatic rings. The summed E-state index contributed by atoms with van der Waals surface area (Å²) in [7, 11) is -0.750. The zero-order valence-corrected chi connectivity index (χ0v) is 39.8. The number of amides is 2. The molecule has 3 aliphatic heterocycles. The fraction of sp³-hybridized carbons (Fsp3) is 0.245. The average Bonchev–Trinajstić information content (AvgIpc) is 3.97. The number of fused-ring (bicyclic) bond motifs is 4. The van der Waals surface area contributed by atoms with Crippen molar-refractivity contribution < 1.29 is 28.9 Å². The van der Waals surface area contributed by atoms with Crippen LogP contribution < -0.4 is 24.5 Å². The molecule has 3 aliphatic rings. The van der Waals surface area contributed by atoms with E-state index >= 15 is 4.79 Å². The van der Waals surface area contributed by atoms with E-state index in [1.807, 2.05) is 137 Å². The van der Waals surface area contributed by atoms with Crippen molar-refractivity contribution in [2.45, 2.75) is 62.7 Å². The van der Waals surface area contributed by atoms with Gasteiger partial charge in [-0.05, 0) is 89.8 Å². The van der Waals surface area contributed by atoms with Gasteiger partial charge >= 0.3 is 0 Å². The Labute approximate surface area is 393 Å². The zero-order chi connectivity index (χ0) is 45.7. The minimum absolute atomic E-state index is 0.0153. The fourth-order valence-electron chi connectivity index (χ4n) is 10.6. The third-order valence-corrected chi connectivity index (χ3v) is 18.8. The van der Waals surface area contributed by atoms with Crippen LogP contribution in [-0.2, 0) is 28.2 Å². The molecule has 0 radical (unpaired) electrons. The number of hydrogen-bond acceptors (Lipinski definition) is 8. The van der Waals surface area contributed by atoms with Crippen molar-refractivity contribution in [3.05, 3.63) is 184 Å². The summed E-state index contributed by atoms with van der Waals surface area (Å²) in [5.41, 5.74) is 4.77. The molecule has 1 fully saturated rings. The smallest absolute Gasteiger partial charge is 0.266 e. The molecule has 6 aromatic carbocycles. The average molecular weight is 961 g/mol. The van der Waals surface area contributed by atoms with Crippen molar-refractivity contribution in [1.82, 2.24) is 15.0 Å². The van der Waals surface area contributed by atoms with Gasteiger partial charge in [-0.3, -0.25) is 19.2 Å². The Balaban J connectivity index is 0.976. The van der Waals surface area contributed by atoms with Crippen molar-refractivity contribution in [2.75, 3.05) is 23.5 Å². The number of halogens is 1. The molecular formula is C53H50BrN5O6Si. The van der Waals surface area contributed by atoms with Gasteiger partial charge < -0.3 is 24.2 Å². The minimum atomic E-state index is -2.43. The normalized spacial score (nSPS) is 20.4. The molecule has 0 bridgehead atoms. The standard InChI is InChI=1S/C53H50BrN5O6Si/c1-34-50(66(3,4)40-25-23-39(63-2)24-26-40)49(28-29-57-32-44(55-56-57)42(33-60)36-12-6-5-7-13-36)65-53(34)43-30-37(54)20-27-45(43)58(52(53)62)31-35-18-21-38(22-19-35)59-46-15-9-11-17-48(46)64-47-16-10-8-14-41(47)51(59)61/h5-27,30,32,34,42,49-50,60H,28-29,31,33H2,1-4H3/t34-,42?,49+,50-,53+/m1/s1. The predicted octanol–water partition coefficient (Wildman–Crippen LogP) is 10.1. The number of rotatable bonds is 12. The molecular weight excluding hydrogens is 911 g/mol. The predicted molar refractivity (Wildman–Crippen MR) is 261 cm³/mol. The van der Waals surface area contributed by atoms with E-state index in [4.69, 9.17) is 14.2 Å². The summed E-state index contributed by atoms with van der Waals surface area (Å²) in [6.07, 6.45) is 2.20. The molecule has 0 saturated carbocycles. The number of aromatic nitrogens is 3. The Morgan fingerprint density at radius 3 is 2.30 bits per heavy atom. The number of aliphatic hydroxyl groups is 1. The van der Waals surface area contributed by atoms with Crippen LogP contribution in [0.5, 0.6) is 17.2 Å². The Bertz CT molecular complexity index is 2930. The highest BCUT2D eigenvalue weighted by molar-refractivity contribution is 9.10. The summed E-state index contributed by atoms with van der Waals surface area (Å²) < 4.78 is 21.9. The summed E-state index contributed by atoms with van der Waals surface area (Å²) in [5, 5.41) is 20.7. The van der Waals surface area contributed by atoms with Crippen molar-refractivity contribution in [3.8, 4) is 17.2 Å². The number of para-hydroxylation sites is 3. The molecule has 2 amide bonds. The van der Waals surface area contributed by atoms with Crippen molar-refractivity contribution in [1.29, 1.82) is 0 Å². The highest BCUT2D eigenvalue weighted by Gasteiger charge is 2.66. The Morgan fingerprint density at radius 2 is 1.56 bits per heavy atom. The van der Waals surface area contributed by atoms with Crippen LogP contribution in [0.15, 0.2) is 156 Å². The monoisotopic (exact) mass is 959 g/mol. The van der Waals surface area contributed by atoms with Crippen molar-refractivity contribution in [3.63, 3.8) is 0 Å². The highest BCUT2D eigenvalue weighted by Crippen LogP contribution is 2.60. The number of benzene rings is 6. The zero-order valence-electron chi connectivity index (χ0n) is 37.2. The lowest BCUT2D eigenvalue weighted by molar-refractivity contribution is -0.146. The second kappa shape index (κ2) is 17.4. The molecule has 334 valence electrons. The second-order valence-electron chi connectivity index (χ2n) is 17.9. The molecule has 1 unspecified atom stereocenters. The first-order chi connectivity index (χ1) is 32.0. The molecule has 1 saturated heterocycles. The first kappa shape index (κ1) is 43.5. The SMILES string of the molecule is COc1ccc([Si](C)(C)[C@H]2[C@H](CCn3cc(C(CO)c4ccccc4)nn3)O[C@@]3(C(=O)N(Cc4ccc(N5C(=O)c6ccccc6Oc6ccccc65)cc4)c4ccc(Br)cc43)[C@@H]2C)cc1. The van der Waals surface area contributed by atoms with Gasteiger partial charge in [0.1, 0.15) is 11.5 Å². The lowest BCUT2D eigenvalue weighted by Crippen LogP contribution is -2.51. The molecule has 0 aliphatic carbocycles. The van der Waals surface area contributed by atoms with Crippen LogP contribution in [0, 0.1) is 5.92 Å². The van der Waals surface area contributed by atoms with Crippen LogP contribution in [-0.4, -0.2) is 59.8 Å². The van der Waals surface area contributed by atoms with Gasteiger partial charge in [-0.15, -0.1) is 5.10 Å². The number of anilines is 3. The number of carbonyl (C=O) groups is 2. The number of hydrogen-bond donors (Lipinski definition) is 1. The van der Waals surface area contributed by atoms with Crippen molar-refractivity contribution >= 4 is 58.1 Å². The number of aliphatic hydroxyl groups excluding tert-OH is 1. The lowest BCUT2D eigenvalue weighted by atomic mass is 9.82. The van der Waals surface area contributed by atoms with Gasteiger partial charge in [-0.1, -0.05) is 125 Å². The maximum Gasteiger partial charge on any atom is 0.266 e. The van der Waals surface area contributed by atoms with Gasteiger partial charge in [0.25, 0.3) is 11.8 Å². The molecule has 1 N–H and O–H groups in total. The number of methoxy groups -OCH3 is 1.